The summed E-state index contributed by atoms with van der Waals surface area (Å²) in [4.78, 5) is 16.9. The number of nitrogens with zero attached hydrogens (tertiary/aromatic N) is 2. The van der Waals surface area contributed by atoms with E-state index in [4.69, 9.17) is 19.4 Å². The van der Waals surface area contributed by atoms with Gasteiger partial charge in [0.1, 0.15) is 0 Å². The average Bonchev–Trinajstić information content (AvgIpc) is 3.80. The number of fused-ring (bicyclic) bond motifs is 8. The summed E-state index contributed by atoms with van der Waals surface area (Å²) in [5.41, 5.74) is 9.62. The largest absolute Gasteiger partial charge is 0.504 e. The number of phenolic OH excluding ortho intramolecular Hbond substituents is 2. The van der Waals surface area contributed by atoms with Crippen molar-refractivity contribution in [3.8, 4) is 45.3 Å². The lowest BCUT2D eigenvalue weighted by molar-refractivity contribution is 0.373. The zero-order chi connectivity index (χ0) is 28.8. The minimum Gasteiger partial charge on any atom is -0.504 e. The van der Waals surface area contributed by atoms with Gasteiger partial charge in [-0.3, -0.25) is 0 Å². The molecule has 42 heavy (non-hydrogen) atoms. The summed E-state index contributed by atoms with van der Waals surface area (Å²) in [5, 5.41) is 21.3. The van der Waals surface area contributed by atoms with Gasteiger partial charge in [-0.25, -0.2) is 9.97 Å². The van der Waals surface area contributed by atoms with E-state index in [1.165, 1.54) is 14.2 Å². The second kappa shape index (κ2) is 10.0. The molecule has 0 saturated carbocycles. The molecule has 2 aromatic carbocycles. The first kappa shape index (κ1) is 25.2. The Balaban J connectivity index is 1.60. The molecule has 0 aliphatic carbocycles. The first-order valence-electron chi connectivity index (χ1n) is 13.3. The van der Waals surface area contributed by atoms with Gasteiger partial charge < -0.3 is 29.7 Å². The third kappa shape index (κ3) is 4.45. The fourth-order valence-corrected chi connectivity index (χ4v) is 5.37. The molecule has 0 amide bonds. The van der Waals surface area contributed by atoms with Crippen molar-refractivity contribution < 1.29 is 19.7 Å². The number of nitrogens with one attached hydrogen (secondary N) is 2. The van der Waals surface area contributed by atoms with E-state index in [0.29, 0.717) is 22.9 Å². The Kier molecular flexibility index (Phi) is 6.01. The number of aromatic amines is 2. The van der Waals surface area contributed by atoms with Crippen LogP contribution in [0.3, 0.4) is 0 Å². The summed E-state index contributed by atoms with van der Waals surface area (Å²) >= 11 is 0. The van der Waals surface area contributed by atoms with E-state index in [1.54, 1.807) is 24.3 Å². The Bertz CT molecular complexity index is 1960. The number of hydrogen-bond acceptors (Lipinski definition) is 6. The molecule has 0 radical (unpaired) electrons. The Morgan fingerprint density at radius 3 is 1.45 bits per heavy atom. The van der Waals surface area contributed by atoms with Crippen LogP contribution < -0.4 is 9.47 Å². The van der Waals surface area contributed by atoms with Crippen LogP contribution in [0, 0.1) is 0 Å². The number of H-pyrrole nitrogens is 2. The van der Waals surface area contributed by atoms with Gasteiger partial charge in [-0.1, -0.05) is 12.1 Å². The summed E-state index contributed by atoms with van der Waals surface area (Å²) in [6.45, 7) is 0. The third-order valence-electron chi connectivity index (χ3n) is 7.33. The van der Waals surface area contributed by atoms with E-state index in [1.807, 2.05) is 72.8 Å². The minimum absolute atomic E-state index is 0.0319. The monoisotopic (exact) mass is 554 g/mol. The molecular weight excluding hydrogens is 528 g/mol. The van der Waals surface area contributed by atoms with E-state index in [-0.39, 0.29) is 11.5 Å². The maximum Gasteiger partial charge on any atom is 0.160 e. The van der Waals surface area contributed by atoms with Gasteiger partial charge in [0.05, 0.1) is 37.0 Å². The number of methoxy groups -OCH3 is 2. The fraction of sp³-hybridized carbons (Fsp3) is 0.0588. The van der Waals surface area contributed by atoms with Gasteiger partial charge >= 0.3 is 0 Å². The zero-order valence-corrected chi connectivity index (χ0v) is 22.8. The molecule has 8 nitrogen and oxygen atoms in total. The number of aromatic nitrogens is 4. The van der Waals surface area contributed by atoms with Crippen LogP contribution >= 0.6 is 0 Å². The van der Waals surface area contributed by atoms with Gasteiger partial charge in [0.15, 0.2) is 23.0 Å². The topological polar surface area (TPSA) is 116 Å². The highest BCUT2D eigenvalue weighted by atomic mass is 16.5. The van der Waals surface area contributed by atoms with E-state index >= 15 is 0 Å². The van der Waals surface area contributed by atoms with Crippen molar-refractivity contribution in [3.05, 3.63) is 95.6 Å². The number of hydrogen-bond donors (Lipinski definition) is 4. The molecule has 5 aromatic rings. The molecule has 0 fully saturated rings. The minimum atomic E-state index is 0.0319. The molecule has 5 heterocycles. The summed E-state index contributed by atoms with van der Waals surface area (Å²) in [6, 6.07) is 22.6. The van der Waals surface area contributed by atoms with Gasteiger partial charge in [-0.05, 0) is 96.1 Å². The van der Waals surface area contributed by atoms with Crippen molar-refractivity contribution in [1.29, 1.82) is 0 Å². The van der Waals surface area contributed by atoms with Gasteiger partial charge in [0.2, 0.25) is 0 Å². The van der Waals surface area contributed by atoms with Gasteiger partial charge in [0.25, 0.3) is 0 Å². The molecule has 4 N–H and O–H groups in total. The highest BCUT2D eigenvalue weighted by Gasteiger charge is 2.17. The SMILES string of the molecule is COc1ccc(-c2c3nc(c(-c4ccc(OC)c(O)c4)c4ccc(cc5nc(cc6ccc2[nH]6)C=C5)[nH]4)C=C3)cc1O. The standard InChI is InChI=1S/C34H26N4O4/c1-41-31-13-3-19(15-29(31)39)33-25-9-7-23(36-25)17-21-5-6-22(35-21)18-24-8-10-26(37-24)34(28-12-11-27(33)38-28)20-4-14-32(42-2)30(40)16-20/h3-18,36-37,39-40H,1-2H3. The van der Waals surface area contributed by atoms with Crippen LogP contribution in [0.15, 0.2) is 72.8 Å². The molecule has 8 bridgehead atoms. The first-order chi connectivity index (χ1) is 20.5. The van der Waals surface area contributed by atoms with Crippen LogP contribution in [0.25, 0.3) is 68.6 Å². The fourth-order valence-electron chi connectivity index (χ4n) is 5.37. The number of rotatable bonds is 4. The summed E-state index contributed by atoms with van der Waals surface area (Å²) in [7, 11) is 3.04. The first-order valence-corrected chi connectivity index (χ1v) is 13.3. The average molecular weight is 555 g/mol. The normalized spacial score (nSPS) is 12.0. The molecule has 8 heteroatoms. The number of aromatic hydroxyl groups is 2. The van der Waals surface area contributed by atoms with Gasteiger partial charge in [0, 0.05) is 33.2 Å². The lowest BCUT2D eigenvalue weighted by Crippen LogP contribution is -1.90. The Hall–Kier alpha value is -5.76. The maximum absolute atomic E-state index is 10.6. The van der Waals surface area contributed by atoms with E-state index in [2.05, 4.69) is 9.97 Å². The molecular formula is C34H26N4O4. The highest BCUT2D eigenvalue weighted by molar-refractivity contribution is 5.96. The molecule has 0 saturated heterocycles. The summed E-state index contributed by atoms with van der Waals surface area (Å²) in [6.07, 6.45) is 7.86. The molecule has 7 rings (SSSR count). The molecule has 3 aromatic heterocycles. The van der Waals surface area contributed by atoms with Crippen LogP contribution in [0.4, 0.5) is 0 Å². The maximum atomic E-state index is 10.6. The Morgan fingerprint density at radius 1 is 0.548 bits per heavy atom. The van der Waals surface area contributed by atoms with E-state index < -0.39 is 0 Å². The molecule has 206 valence electrons. The summed E-state index contributed by atoms with van der Waals surface area (Å²) < 4.78 is 10.6. The highest BCUT2D eigenvalue weighted by Crippen LogP contribution is 2.39. The molecule has 0 unspecified atom stereocenters. The lowest BCUT2D eigenvalue weighted by atomic mass is 10.0. The van der Waals surface area contributed by atoms with Crippen LogP contribution in [0.2, 0.25) is 0 Å². The quantitative estimate of drug-likeness (QED) is 0.180. The van der Waals surface area contributed by atoms with Crippen LogP contribution in [-0.2, 0) is 0 Å². The van der Waals surface area contributed by atoms with Crippen LogP contribution in [0.5, 0.6) is 23.0 Å². The molecule has 0 spiro atoms. The van der Waals surface area contributed by atoms with Crippen molar-refractivity contribution in [1.82, 2.24) is 19.9 Å². The second-order valence-corrected chi connectivity index (χ2v) is 9.98. The van der Waals surface area contributed by atoms with Crippen molar-refractivity contribution in [2.45, 2.75) is 0 Å². The Morgan fingerprint density at radius 2 is 1.02 bits per heavy atom. The van der Waals surface area contributed by atoms with Crippen molar-refractivity contribution >= 4 is 46.4 Å². The van der Waals surface area contributed by atoms with Gasteiger partial charge in [-0.15, -0.1) is 0 Å². The molecule has 2 aliphatic rings. The lowest BCUT2D eigenvalue weighted by Gasteiger charge is -2.09. The van der Waals surface area contributed by atoms with Crippen LogP contribution in [-0.4, -0.2) is 44.4 Å². The number of phenols is 2. The van der Waals surface area contributed by atoms with Gasteiger partial charge in [-0.2, -0.15) is 0 Å². The smallest absolute Gasteiger partial charge is 0.160 e. The molecule has 0 atom stereocenters. The van der Waals surface area contributed by atoms with Crippen LogP contribution in [0.1, 0.15) is 22.8 Å². The van der Waals surface area contributed by atoms with E-state index in [9.17, 15) is 10.2 Å². The predicted molar refractivity (Wildman–Crippen MR) is 166 cm³/mol. The van der Waals surface area contributed by atoms with Crippen molar-refractivity contribution in [2.24, 2.45) is 0 Å². The number of ether oxygens (including phenoxy) is 2. The van der Waals surface area contributed by atoms with Crippen molar-refractivity contribution in [3.63, 3.8) is 0 Å². The van der Waals surface area contributed by atoms with E-state index in [0.717, 1.165) is 55.7 Å². The second-order valence-electron chi connectivity index (χ2n) is 9.98. The number of benzene rings is 2. The predicted octanol–water partition coefficient (Wildman–Crippen LogP) is 7.42. The Labute approximate surface area is 240 Å². The summed E-state index contributed by atoms with van der Waals surface area (Å²) in [5.74, 6) is 0.835. The van der Waals surface area contributed by atoms with Crippen molar-refractivity contribution in [2.75, 3.05) is 14.2 Å². The molecule has 2 aliphatic heterocycles. The zero-order valence-electron chi connectivity index (χ0n) is 22.8. The third-order valence-corrected chi connectivity index (χ3v) is 7.33.